The summed E-state index contributed by atoms with van der Waals surface area (Å²) in [4.78, 5) is 22.3. The maximum atomic E-state index is 11.7. The fourth-order valence-corrected chi connectivity index (χ4v) is 2.87. The van der Waals surface area contributed by atoms with Gasteiger partial charge >= 0.3 is 5.97 Å². The highest BCUT2D eigenvalue weighted by atomic mass is 16.4. The van der Waals surface area contributed by atoms with E-state index in [4.69, 9.17) is 0 Å². The summed E-state index contributed by atoms with van der Waals surface area (Å²) in [5.74, 6) is 0.270. The van der Waals surface area contributed by atoms with Crippen LogP contribution < -0.4 is 4.90 Å². The van der Waals surface area contributed by atoms with E-state index in [0.717, 1.165) is 30.9 Å². The monoisotopic (exact) mass is 277 g/mol. The Morgan fingerprint density at radius 1 is 1.50 bits per heavy atom. The fourth-order valence-electron chi connectivity index (χ4n) is 2.87. The van der Waals surface area contributed by atoms with E-state index in [9.17, 15) is 9.90 Å². The second-order valence-corrected chi connectivity index (χ2v) is 5.91. The molecule has 0 aromatic carbocycles. The molecule has 1 unspecified atom stereocenters. The number of rotatable bonds is 5. The van der Waals surface area contributed by atoms with Crippen LogP contribution in [-0.4, -0.2) is 34.1 Å². The molecule has 1 aromatic rings. The Bertz CT molecular complexity index is 490. The number of carboxylic acid groups (broad SMARTS) is 1. The first kappa shape index (κ1) is 14.8. The lowest BCUT2D eigenvalue weighted by Crippen LogP contribution is -2.39. The van der Waals surface area contributed by atoms with Crippen molar-refractivity contribution < 1.29 is 9.90 Å². The molecule has 20 heavy (non-hydrogen) atoms. The zero-order chi connectivity index (χ0) is 14.8. The van der Waals surface area contributed by atoms with E-state index in [1.54, 1.807) is 6.33 Å². The maximum Gasteiger partial charge on any atom is 0.311 e. The summed E-state index contributed by atoms with van der Waals surface area (Å²) in [7, 11) is 0. The van der Waals surface area contributed by atoms with Gasteiger partial charge in [0.1, 0.15) is 12.1 Å². The van der Waals surface area contributed by atoms with Crippen LogP contribution in [0.2, 0.25) is 0 Å². The van der Waals surface area contributed by atoms with Crippen LogP contribution in [0.25, 0.3) is 0 Å². The molecule has 1 saturated heterocycles. The molecular formula is C15H23N3O2. The van der Waals surface area contributed by atoms with E-state index in [0.29, 0.717) is 13.0 Å². The lowest BCUT2D eigenvalue weighted by Gasteiger charge is -2.29. The smallest absolute Gasteiger partial charge is 0.311 e. The lowest BCUT2D eigenvalue weighted by atomic mass is 9.76. The minimum Gasteiger partial charge on any atom is -0.481 e. The number of nitrogens with zero attached hydrogens (tertiary/aromatic N) is 3. The lowest BCUT2D eigenvalue weighted by molar-refractivity contribution is -0.150. The van der Waals surface area contributed by atoms with E-state index in [1.165, 1.54) is 0 Å². The van der Waals surface area contributed by atoms with Gasteiger partial charge in [-0.2, -0.15) is 0 Å². The number of aromatic nitrogens is 2. The van der Waals surface area contributed by atoms with Crippen molar-refractivity contribution in [2.24, 2.45) is 11.3 Å². The maximum absolute atomic E-state index is 11.7. The first-order valence-corrected chi connectivity index (χ1v) is 7.29. The number of aryl methyl sites for hydroxylation is 1. The summed E-state index contributed by atoms with van der Waals surface area (Å²) in [5.41, 5.74) is 0.366. The second kappa shape index (κ2) is 5.77. The van der Waals surface area contributed by atoms with E-state index in [1.807, 2.05) is 19.9 Å². The van der Waals surface area contributed by atoms with Crippen molar-refractivity contribution in [3.8, 4) is 0 Å². The van der Waals surface area contributed by atoms with E-state index in [2.05, 4.69) is 21.8 Å². The summed E-state index contributed by atoms with van der Waals surface area (Å²) in [6, 6.07) is 1.99. The van der Waals surface area contributed by atoms with Crippen molar-refractivity contribution >= 4 is 11.8 Å². The van der Waals surface area contributed by atoms with Gasteiger partial charge in [-0.05, 0) is 18.8 Å². The average molecular weight is 277 g/mol. The van der Waals surface area contributed by atoms with Crippen LogP contribution in [-0.2, 0) is 11.2 Å². The van der Waals surface area contributed by atoms with Crippen molar-refractivity contribution in [3.05, 3.63) is 18.1 Å². The second-order valence-electron chi connectivity index (χ2n) is 5.91. The van der Waals surface area contributed by atoms with Gasteiger partial charge in [-0.25, -0.2) is 9.97 Å². The van der Waals surface area contributed by atoms with Crippen LogP contribution in [0.3, 0.4) is 0 Å². The van der Waals surface area contributed by atoms with E-state index in [-0.39, 0.29) is 5.92 Å². The van der Waals surface area contributed by atoms with Crippen LogP contribution in [0.1, 0.15) is 39.3 Å². The number of carbonyl (C=O) groups is 1. The van der Waals surface area contributed by atoms with Crippen LogP contribution in [0.15, 0.2) is 12.4 Å². The number of carboxylic acids is 1. The van der Waals surface area contributed by atoms with Crippen molar-refractivity contribution in [1.82, 2.24) is 9.97 Å². The SMILES string of the molecule is CCCc1cc(N2CCC(C(=O)O)(C(C)C)C2)ncn1. The fraction of sp³-hybridized carbons (Fsp3) is 0.667. The summed E-state index contributed by atoms with van der Waals surface area (Å²) < 4.78 is 0. The molecule has 1 atom stereocenters. The van der Waals surface area contributed by atoms with Crippen molar-refractivity contribution in [3.63, 3.8) is 0 Å². The van der Waals surface area contributed by atoms with Gasteiger partial charge in [0.25, 0.3) is 0 Å². The number of hydrogen-bond donors (Lipinski definition) is 1. The Morgan fingerprint density at radius 2 is 2.25 bits per heavy atom. The number of anilines is 1. The molecule has 0 aliphatic carbocycles. The highest BCUT2D eigenvalue weighted by molar-refractivity contribution is 5.77. The van der Waals surface area contributed by atoms with Gasteiger partial charge in [-0.15, -0.1) is 0 Å². The van der Waals surface area contributed by atoms with Gasteiger partial charge in [-0.1, -0.05) is 27.2 Å². The minimum atomic E-state index is -0.696. The average Bonchev–Trinajstić information content (AvgIpc) is 2.86. The molecule has 0 amide bonds. The van der Waals surface area contributed by atoms with Gasteiger partial charge in [0.05, 0.1) is 5.41 Å². The predicted molar refractivity (Wildman–Crippen MR) is 77.8 cm³/mol. The van der Waals surface area contributed by atoms with Crippen molar-refractivity contribution in [2.45, 2.75) is 40.0 Å². The van der Waals surface area contributed by atoms with E-state index >= 15 is 0 Å². The molecule has 1 fully saturated rings. The predicted octanol–water partition coefficient (Wildman–Crippen LogP) is 2.37. The van der Waals surface area contributed by atoms with Crippen molar-refractivity contribution in [2.75, 3.05) is 18.0 Å². The number of hydrogen-bond acceptors (Lipinski definition) is 4. The minimum absolute atomic E-state index is 0.113. The third-order valence-corrected chi connectivity index (χ3v) is 4.37. The Morgan fingerprint density at radius 3 is 2.80 bits per heavy atom. The van der Waals surface area contributed by atoms with Gasteiger partial charge in [0.2, 0.25) is 0 Å². The van der Waals surface area contributed by atoms with Gasteiger partial charge in [-0.3, -0.25) is 4.79 Å². The molecule has 0 bridgehead atoms. The van der Waals surface area contributed by atoms with E-state index < -0.39 is 11.4 Å². The Kier molecular flexibility index (Phi) is 4.26. The topological polar surface area (TPSA) is 66.3 Å². The Balaban J connectivity index is 2.20. The van der Waals surface area contributed by atoms with Crippen LogP contribution in [0, 0.1) is 11.3 Å². The zero-order valence-electron chi connectivity index (χ0n) is 12.5. The van der Waals surface area contributed by atoms with Crippen LogP contribution in [0.4, 0.5) is 5.82 Å². The zero-order valence-corrected chi connectivity index (χ0v) is 12.5. The quantitative estimate of drug-likeness (QED) is 0.895. The third-order valence-electron chi connectivity index (χ3n) is 4.37. The summed E-state index contributed by atoms with van der Waals surface area (Å²) in [5, 5.41) is 9.58. The molecule has 5 nitrogen and oxygen atoms in total. The summed E-state index contributed by atoms with van der Waals surface area (Å²) in [6.45, 7) is 7.36. The Labute approximate surface area is 120 Å². The molecule has 0 saturated carbocycles. The molecule has 0 radical (unpaired) electrons. The van der Waals surface area contributed by atoms with Crippen LogP contribution >= 0.6 is 0 Å². The van der Waals surface area contributed by atoms with Gasteiger partial charge < -0.3 is 10.0 Å². The molecule has 1 N–H and O–H groups in total. The molecule has 2 heterocycles. The molecule has 5 heteroatoms. The van der Waals surface area contributed by atoms with Crippen molar-refractivity contribution in [1.29, 1.82) is 0 Å². The molecule has 1 aliphatic rings. The standard InChI is InChI=1S/C15H23N3O2/c1-4-5-12-8-13(17-10-16-12)18-7-6-15(9-18,11(2)3)14(19)20/h8,10-11H,4-7,9H2,1-3H3,(H,19,20). The normalized spacial score (nSPS) is 22.5. The summed E-state index contributed by atoms with van der Waals surface area (Å²) in [6.07, 6.45) is 4.22. The Hall–Kier alpha value is -1.65. The summed E-state index contributed by atoms with van der Waals surface area (Å²) >= 11 is 0. The molecule has 0 spiro atoms. The van der Waals surface area contributed by atoms with Crippen LogP contribution in [0.5, 0.6) is 0 Å². The number of aliphatic carboxylic acids is 1. The first-order valence-electron chi connectivity index (χ1n) is 7.29. The largest absolute Gasteiger partial charge is 0.481 e. The highest BCUT2D eigenvalue weighted by Gasteiger charge is 2.47. The first-order chi connectivity index (χ1) is 9.49. The third kappa shape index (κ3) is 2.62. The highest BCUT2D eigenvalue weighted by Crippen LogP contribution is 2.39. The van der Waals surface area contributed by atoms with Gasteiger partial charge in [0, 0.05) is 24.8 Å². The molecule has 1 aromatic heterocycles. The molecule has 1 aliphatic heterocycles. The molecule has 2 rings (SSSR count). The van der Waals surface area contributed by atoms with Gasteiger partial charge in [0.15, 0.2) is 0 Å². The molecule has 110 valence electrons. The molecular weight excluding hydrogens is 254 g/mol.